The minimum absolute atomic E-state index is 0.208. The van der Waals surface area contributed by atoms with E-state index in [9.17, 15) is 9.59 Å². The van der Waals surface area contributed by atoms with E-state index >= 15 is 0 Å². The lowest BCUT2D eigenvalue weighted by Crippen LogP contribution is -2.34. The third kappa shape index (κ3) is 2.77. The maximum absolute atomic E-state index is 12.5. The van der Waals surface area contributed by atoms with Gasteiger partial charge in [-0.2, -0.15) is 4.57 Å². The minimum Gasteiger partial charge on any atom is -0.465 e. The molecule has 0 spiro atoms. The number of H-pyrrole nitrogens is 2. The van der Waals surface area contributed by atoms with Gasteiger partial charge in [-0.1, -0.05) is 23.7 Å². The normalized spacial score (nSPS) is 11.1. The predicted octanol–water partition coefficient (Wildman–Crippen LogP) is 2.47. The molecule has 3 heterocycles. The molecule has 1 aromatic carbocycles. The SMILES string of the molecule is O=c1[nH]c(=O)n(Cc2ccco2)c2[nH+]ccc(-c3ccc(Cl)cc3)c12. The molecule has 0 unspecified atom stereocenters. The van der Waals surface area contributed by atoms with Gasteiger partial charge in [-0.15, -0.1) is 0 Å². The molecule has 2 N–H and O–H groups in total. The van der Waals surface area contributed by atoms with Crippen LogP contribution in [0.3, 0.4) is 0 Å². The van der Waals surface area contributed by atoms with Gasteiger partial charge in [0.2, 0.25) is 0 Å². The molecule has 0 amide bonds. The van der Waals surface area contributed by atoms with Gasteiger partial charge in [0.25, 0.3) is 11.2 Å². The van der Waals surface area contributed by atoms with Gasteiger partial charge in [0.15, 0.2) is 6.54 Å². The molecule has 25 heavy (non-hydrogen) atoms. The molecule has 124 valence electrons. The number of aromatic amines is 2. The number of rotatable bonds is 3. The summed E-state index contributed by atoms with van der Waals surface area (Å²) < 4.78 is 6.76. The molecule has 4 rings (SSSR count). The van der Waals surface area contributed by atoms with Crippen molar-refractivity contribution in [1.82, 2.24) is 9.55 Å². The lowest BCUT2D eigenvalue weighted by atomic mass is 10.0. The zero-order valence-electron chi connectivity index (χ0n) is 13.0. The molecule has 0 radical (unpaired) electrons. The summed E-state index contributed by atoms with van der Waals surface area (Å²) in [6.07, 6.45) is 3.24. The first-order valence-corrected chi connectivity index (χ1v) is 7.97. The molecule has 0 bridgehead atoms. The molecule has 6 nitrogen and oxygen atoms in total. The fourth-order valence-electron chi connectivity index (χ4n) is 2.84. The Hall–Kier alpha value is -3.12. The Balaban J connectivity index is 2.00. The zero-order valence-corrected chi connectivity index (χ0v) is 13.7. The topological polar surface area (TPSA) is 82.1 Å². The van der Waals surface area contributed by atoms with Crippen LogP contribution in [0.4, 0.5) is 0 Å². The van der Waals surface area contributed by atoms with Crippen molar-refractivity contribution in [2.24, 2.45) is 0 Å². The number of pyridine rings is 1. The quantitative estimate of drug-likeness (QED) is 0.613. The van der Waals surface area contributed by atoms with E-state index in [1.807, 2.05) is 12.1 Å². The van der Waals surface area contributed by atoms with Crippen molar-refractivity contribution in [3.05, 3.63) is 86.5 Å². The molecule has 7 heteroatoms. The van der Waals surface area contributed by atoms with Crippen molar-refractivity contribution < 1.29 is 9.40 Å². The first-order chi connectivity index (χ1) is 12.1. The van der Waals surface area contributed by atoms with Crippen molar-refractivity contribution in [1.29, 1.82) is 0 Å². The van der Waals surface area contributed by atoms with Gasteiger partial charge in [-0.25, -0.2) is 9.78 Å². The maximum atomic E-state index is 12.5. The van der Waals surface area contributed by atoms with Crippen LogP contribution in [0.25, 0.3) is 22.2 Å². The van der Waals surface area contributed by atoms with E-state index in [1.54, 1.807) is 36.5 Å². The standard InChI is InChI=1S/C18H12ClN3O3/c19-12-5-3-11(4-6-12)14-7-8-20-16-15(14)17(23)21-18(24)22(16)10-13-2-1-9-25-13/h1-9H,10H2,(H,21,23,24)/p+1. The number of nitrogens with one attached hydrogen (secondary N) is 2. The van der Waals surface area contributed by atoms with E-state index in [4.69, 9.17) is 16.0 Å². The van der Waals surface area contributed by atoms with Gasteiger partial charge in [0, 0.05) is 10.6 Å². The largest absolute Gasteiger partial charge is 0.465 e. The van der Waals surface area contributed by atoms with Crippen LogP contribution >= 0.6 is 11.6 Å². The Morgan fingerprint density at radius 1 is 1.12 bits per heavy atom. The van der Waals surface area contributed by atoms with E-state index in [0.717, 1.165) is 5.56 Å². The fourth-order valence-corrected chi connectivity index (χ4v) is 2.96. The van der Waals surface area contributed by atoms with Gasteiger partial charge < -0.3 is 4.42 Å². The second-order valence-corrected chi connectivity index (χ2v) is 5.98. The average molecular weight is 355 g/mol. The zero-order chi connectivity index (χ0) is 17.4. The third-order valence-electron chi connectivity index (χ3n) is 3.99. The van der Waals surface area contributed by atoms with E-state index in [1.165, 1.54) is 10.8 Å². The fraction of sp³-hybridized carbons (Fsp3) is 0.0556. The highest BCUT2D eigenvalue weighted by Crippen LogP contribution is 2.25. The van der Waals surface area contributed by atoms with Crippen LogP contribution in [0.2, 0.25) is 5.02 Å². The number of furan rings is 1. The van der Waals surface area contributed by atoms with Crippen molar-refractivity contribution >= 4 is 22.6 Å². The molecule has 0 fully saturated rings. The highest BCUT2D eigenvalue weighted by atomic mass is 35.5. The number of fused-ring (bicyclic) bond motifs is 1. The highest BCUT2D eigenvalue weighted by molar-refractivity contribution is 6.30. The molecule has 3 aromatic heterocycles. The van der Waals surface area contributed by atoms with Gasteiger partial charge in [0.05, 0.1) is 12.5 Å². The summed E-state index contributed by atoms with van der Waals surface area (Å²) in [4.78, 5) is 30.2. The molecule has 0 saturated heterocycles. The Bertz CT molecular complexity index is 1160. The van der Waals surface area contributed by atoms with Crippen LogP contribution in [0.15, 0.2) is 68.9 Å². The van der Waals surface area contributed by atoms with Crippen molar-refractivity contribution in [3.63, 3.8) is 0 Å². The van der Waals surface area contributed by atoms with Crippen LogP contribution in [-0.2, 0) is 6.54 Å². The summed E-state index contributed by atoms with van der Waals surface area (Å²) in [5, 5.41) is 1.01. The first kappa shape index (κ1) is 15.4. The summed E-state index contributed by atoms with van der Waals surface area (Å²) in [6.45, 7) is 0.208. The summed E-state index contributed by atoms with van der Waals surface area (Å²) in [7, 11) is 0. The Kier molecular flexibility index (Phi) is 3.74. The summed E-state index contributed by atoms with van der Waals surface area (Å²) in [5.74, 6) is 0.612. The molecule has 4 aromatic rings. The third-order valence-corrected chi connectivity index (χ3v) is 4.24. The number of hydrogen-bond donors (Lipinski definition) is 1. The Labute approximate surface area is 146 Å². The molecule has 0 saturated carbocycles. The van der Waals surface area contributed by atoms with Gasteiger partial charge in [-0.3, -0.25) is 9.78 Å². The lowest BCUT2D eigenvalue weighted by Gasteiger charge is -2.06. The van der Waals surface area contributed by atoms with Crippen LogP contribution in [0.5, 0.6) is 0 Å². The smallest absolute Gasteiger partial charge is 0.416 e. The van der Waals surface area contributed by atoms with Crippen LogP contribution in [0.1, 0.15) is 5.76 Å². The molecular weight excluding hydrogens is 342 g/mol. The van der Waals surface area contributed by atoms with Gasteiger partial charge >= 0.3 is 5.69 Å². The monoisotopic (exact) mass is 354 g/mol. The number of hydrogen-bond acceptors (Lipinski definition) is 3. The van der Waals surface area contributed by atoms with Crippen molar-refractivity contribution in [2.75, 3.05) is 0 Å². The molecule has 0 atom stereocenters. The molecule has 0 aliphatic heterocycles. The Morgan fingerprint density at radius 2 is 1.92 bits per heavy atom. The van der Waals surface area contributed by atoms with E-state index in [-0.39, 0.29) is 6.54 Å². The Morgan fingerprint density at radius 3 is 2.64 bits per heavy atom. The number of aromatic nitrogens is 3. The van der Waals surface area contributed by atoms with Gasteiger partial charge in [-0.05, 0) is 35.9 Å². The van der Waals surface area contributed by atoms with E-state index in [2.05, 4.69) is 9.97 Å². The van der Waals surface area contributed by atoms with Crippen LogP contribution in [-0.4, -0.2) is 9.55 Å². The predicted molar refractivity (Wildman–Crippen MR) is 93.6 cm³/mol. The average Bonchev–Trinajstić information content (AvgIpc) is 3.12. The lowest BCUT2D eigenvalue weighted by molar-refractivity contribution is -0.349. The summed E-state index contributed by atoms with van der Waals surface area (Å²) in [6, 6.07) is 12.5. The number of benzene rings is 1. The first-order valence-electron chi connectivity index (χ1n) is 7.59. The second kappa shape index (κ2) is 6.07. The maximum Gasteiger partial charge on any atom is 0.416 e. The second-order valence-electron chi connectivity index (χ2n) is 5.55. The van der Waals surface area contributed by atoms with Gasteiger partial charge in [0.1, 0.15) is 11.1 Å². The number of halogens is 1. The van der Waals surface area contributed by atoms with Crippen LogP contribution < -0.4 is 16.2 Å². The molecule has 0 aliphatic carbocycles. The van der Waals surface area contributed by atoms with Crippen LogP contribution in [0, 0.1) is 0 Å². The number of nitrogens with zero attached hydrogens (tertiary/aromatic N) is 1. The van der Waals surface area contributed by atoms with Crippen molar-refractivity contribution in [2.45, 2.75) is 6.54 Å². The molecule has 0 aliphatic rings. The van der Waals surface area contributed by atoms with E-state index < -0.39 is 11.2 Å². The highest BCUT2D eigenvalue weighted by Gasteiger charge is 2.20. The summed E-state index contributed by atoms with van der Waals surface area (Å²) in [5.41, 5.74) is 1.02. The van der Waals surface area contributed by atoms with E-state index in [0.29, 0.717) is 27.4 Å². The minimum atomic E-state index is -0.501. The molecular formula is C18H13ClN3O3+. The summed E-state index contributed by atoms with van der Waals surface area (Å²) >= 11 is 5.94. The van der Waals surface area contributed by atoms with Crippen molar-refractivity contribution in [3.8, 4) is 11.1 Å².